The van der Waals surface area contributed by atoms with Crippen molar-refractivity contribution in [2.75, 3.05) is 11.4 Å². The SMILES string of the molecule is CCC/C=C/CC1c2ccccc2CCN1c1ccccc1. The number of fused-ring (bicyclic) bond motifs is 1. The summed E-state index contributed by atoms with van der Waals surface area (Å²) in [5, 5.41) is 0. The summed E-state index contributed by atoms with van der Waals surface area (Å²) in [4.78, 5) is 2.57. The Kier molecular flexibility index (Phi) is 4.95. The first-order valence-corrected chi connectivity index (χ1v) is 8.44. The lowest BCUT2D eigenvalue weighted by Crippen LogP contribution is -2.35. The molecule has 0 spiro atoms. The molecule has 0 radical (unpaired) electrons. The zero-order valence-corrected chi connectivity index (χ0v) is 13.4. The molecule has 1 aliphatic rings. The van der Waals surface area contributed by atoms with Gasteiger partial charge in [-0.1, -0.05) is 68.0 Å². The van der Waals surface area contributed by atoms with Gasteiger partial charge in [0, 0.05) is 12.2 Å². The lowest BCUT2D eigenvalue weighted by Gasteiger charge is -2.38. The average molecular weight is 291 g/mol. The highest BCUT2D eigenvalue weighted by molar-refractivity contribution is 5.52. The van der Waals surface area contributed by atoms with Gasteiger partial charge in [0.15, 0.2) is 0 Å². The molecule has 0 saturated heterocycles. The summed E-state index contributed by atoms with van der Waals surface area (Å²) in [7, 11) is 0. The van der Waals surface area contributed by atoms with Gasteiger partial charge >= 0.3 is 0 Å². The summed E-state index contributed by atoms with van der Waals surface area (Å²) in [6.07, 6.45) is 9.33. The highest BCUT2D eigenvalue weighted by Crippen LogP contribution is 2.35. The van der Waals surface area contributed by atoms with Crippen molar-refractivity contribution >= 4 is 5.69 Å². The van der Waals surface area contributed by atoms with E-state index in [4.69, 9.17) is 0 Å². The van der Waals surface area contributed by atoms with Crippen LogP contribution in [0.25, 0.3) is 0 Å². The van der Waals surface area contributed by atoms with E-state index >= 15 is 0 Å². The van der Waals surface area contributed by atoms with E-state index in [1.807, 2.05) is 0 Å². The molecule has 2 aromatic carbocycles. The van der Waals surface area contributed by atoms with Crippen LogP contribution in [0.1, 0.15) is 43.4 Å². The maximum Gasteiger partial charge on any atom is 0.0579 e. The second-order valence-electron chi connectivity index (χ2n) is 5.99. The molecule has 0 amide bonds. The van der Waals surface area contributed by atoms with Crippen molar-refractivity contribution < 1.29 is 0 Å². The summed E-state index contributed by atoms with van der Waals surface area (Å²) < 4.78 is 0. The van der Waals surface area contributed by atoms with Crippen molar-refractivity contribution in [3.63, 3.8) is 0 Å². The van der Waals surface area contributed by atoms with Gasteiger partial charge in [0.2, 0.25) is 0 Å². The van der Waals surface area contributed by atoms with Crippen molar-refractivity contribution in [2.24, 2.45) is 0 Å². The molecule has 1 unspecified atom stereocenters. The topological polar surface area (TPSA) is 3.24 Å². The van der Waals surface area contributed by atoms with Crippen LogP contribution in [0.3, 0.4) is 0 Å². The van der Waals surface area contributed by atoms with Crippen molar-refractivity contribution in [3.8, 4) is 0 Å². The Morgan fingerprint density at radius 3 is 2.59 bits per heavy atom. The third-order valence-electron chi connectivity index (χ3n) is 4.48. The molecule has 1 nitrogen and oxygen atoms in total. The fourth-order valence-electron chi connectivity index (χ4n) is 3.34. The van der Waals surface area contributed by atoms with Crippen LogP contribution >= 0.6 is 0 Å². The summed E-state index contributed by atoms with van der Waals surface area (Å²) in [6, 6.07) is 20.2. The average Bonchev–Trinajstić information content (AvgIpc) is 2.59. The Morgan fingerprint density at radius 2 is 1.77 bits per heavy atom. The van der Waals surface area contributed by atoms with Gasteiger partial charge in [-0.05, 0) is 42.5 Å². The van der Waals surface area contributed by atoms with Crippen LogP contribution in [-0.4, -0.2) is 6.54 Å². The molecule has 1 heterocycles. The first-order valence-electron chi connectivity index (χ1n) is 8.44. The number of unbranched alkanes of at least 4 members (excludes halogenated alkanes) is 1. The fraction of sp³-hybridized carbons (Fsp3) is 0.333. The zero-order valence-electron chi connectivity index (χ0n) is 13.4. The molecule has 2 aromatic rings. The molecule has 0 N–H and O–H groups in total. The predicted octanol–water partition coefficient (Wildman–Crippen LogP) is 5.54. The minimum Gasteiger partial charge on any atom is -0.364 e. The fourth-order valence-corrected chi connectivity index (χ4v) is 3.34. The lowest BCUT2D eigenvalue weighted by atomic mass is 9.90. The molecule has 22 heavy (non-hydrogen) atoms. The number of hydrogen-bond donors (Lipinski definition) is 0. The molecule has 114 valence electrons. The third-order valence-corrected chi connectivity index (χ3v) is 4.48. The van der Waals surface area contributed by atoms with Gasteiger partial charge in [0.1, 0.15) is 0 Å². The lowest BCUT2D eigenvalue weighted by molar-refractivity contribution is 0.587. The van der Waals surface area contributed by atoms with Crippen LogP contribution in [0.2, 0.25) is 0 Å². The standard InChI is InChI=1S/C21H25N/c1-2-3-4-8-15-21-20-14-10-9-11-18(20)16-17-22(21)19-12-6-5-7-13-19/h4-14,21H,2-3,15-17H2,1H3/b8-4+. The first-order chi connectivity index (χ1) is 10.9. The molecule has 1 atom stereocenters. The smallest absolute Gasteiger partial charge is 0.0579 e. The second-order valence-corrected chi connectivity index (χ2v) is 5.99. The molecule has 0 saturated carbocycles. The van der Waals surface area contributed by atoms with Crippen molar-refractivity contribution in [1.82, 2.24) is 0 Å². The predicted molar refractivity (Wildman–Crippen MR) is 95.3 cm³/mol. The third kappa shape index (κ3) is 3.24. The minimum absolute atomic E-state index is 0.459. The van der Waals surface area contributed by atoms with Gasteiger partial charge in [0.05, 0.1) is 6.04 Å². The summed E-state index contributed by atoms with van der Waals surface area (Å²) in [5.74, 6) is 0. The van der Waals surface area contributed by atoms with E-state index < -0.39 is 0 Å². The van der Waals surface area contributed by atoms with Gasteiger partial charge in [-0.3, -0.25) is 0 Å². The number of hydrogen-bond acceptors (Lipinski definition) is 1. The summed E-state index contributed by atoms with van der Waals surface area (Å²) in [6.45, 7) is 3.34. The molecule has 3 rings (SSSR count). The van der Waals surface area contributed by atoms with Crippen LogP contribution in [0.15, 0.2) is 66.7 Å². The molecular formula is C21H25N. The minimum atomic E-state index is 0.459. The summed E-state index contributed by atoms with van der Waals surface area (Å²) in [5.41, 5.74) is 4.35. The van der Waals surface area contributed by atoms with Crippen molar-refractivity contribution in [2.45, 2.75) is 38.6 Å². The van der Waals surface area contributed by atoms with E-state index in [1.54, 1.807) is 0 Å². The first kappa shape index (κ1) is 14.9. The normalized spacial score (nSPS) is 17.7. The monoisotopic (exact) mass is 291 g/mol. The molecule has 1 heteroatoms. The molecule has 0 bridgehead atoms. The number of benzene rings is 2. The largest absolute Gasteiger partial charge is 0.364 e. The van der Waals surface area contributed by atoms with Crippen molar-refractivity contribution in [3.05, 3.63) is 77.9 Å². The van der Waals surface area contributed by atoms with Gasteiger partial charge in [-0.2, -0.15) is 0 Å². The van der Waals surface area contributed by atoms with Gasteiger partial charge in [-0.15, -0.1) is 0 Å². The number of allylic oxidation sites excluding steroid dienone is 1. The van der Waals surface area contributed by atoms with Crippen LogP contribution in [-0.2, 0) is 6.42 Å². The maximum atomic E-state index is 2.57. The highest BCUT2D eigenvalue weighted by atomic mass is 15.2. The zero-order chi connectivity index (χ0) is 15.2. The Bertz CT molecular complexity index is 615. The Morgan fingerprint density at radius 1 is 1.00 bits per heavy atom. The van der Waals surface area contributed by atoms with E-state index in [9.17, 15) is 0 Å². The molecule has 1 aliphatic heterocycles. The van der Waals surface area contributed by atoms with E-state index in [0.717, 1.165) is 19.4 Å². The van der Waals surface area contributed by atoms with E-state index in [2.05, 4.69) is 78.6 Å². The second kappa shape index (κ2) is 7.31. The van der Waals surface area contributed by atoms with Crippen molar-refractivity contribution in [1.29, 1.82) is 0 Å². The Hall–Kier alpha value is -2.02. The highest BCUT2D eigenvalue weighted by Gasteiger charge is 2.26. The number of anilines is 1. The van der Waals surface area contributed by atoms with Crippen LogP contribution in [0.5, 0.6) is 0 Å². The molecule has 0 aromatic heterocycles. The van der Waals surface area contributed by atoms with Crippen LogP contribution in [0, 0.1) is 0 Å². The number of para-hydroxylation sites is 1. The van der Waals surface area contributed by atoms with Gasteiger partial charge < -0.3 is 4.90 Å². The molecular weight excluding hydrogens is 266 g/mol. The van der Waals surface area contributed by atoms with Gasteiger partial charge in [0.25, 0.3) is 0 Å². The van der Waals surface area contributed by atoms with Gasteiger partial charge in [-0.25, -0.2) is 0 Å². The quantitative estimate of drug-likeness (QED) is 0.654. The van der Waals surface area contributed by atoms with Crippen LogP contribution < -0.4 is 4.90 Å². The molecule has 0 fully saturated rings. The molecule has 0 aliphatic carbocycles. The Balaban J connectivity index is 1.89. The number of nitrogens with zero attached hydrogens (tertiary/aromatic N) is 1. The summed E-state index contributed by atoms with van der Waals surface area (Å²) >= 11 is 0. The van der Waals surface area contributed by atoms with Crippen LogP contribution in [0.4, 0.5) is 5.69 Å². The van der Waals surface area contributed by atoms with E-state index in [1.165, 1.54) is 29.7 Å². The number of rotatable bonds is 5. The van der Waals surface area contributed by atoms with E-state index in [0.29, 0.717) is 6.04 Å². The maximum absolute atomic E-state index is 2.57. The Labute approximate surface area is 134 Å². The van der Waals surface area contributed by atoms with E-state index in [-0.39, 0.29) is 0 Å².